The number of nitrogens with one attached hydrogen (secondary N) is 1. The van der Waals surface area contributed by atoms with E-state index >= 15 is 0 Å². The summed E-state index contributed by atoms with van der Waals surface area (Å²) in [7, 11) is 2.30. The minimum atomic E-state index is -2.60. The summed E-state index contributed by atoms with van der Waals surface area (Å²) in [5.41, 5.74) is 0. The third-order valence-corrected chi connectivity index (χ3v) is 5.74. The van der Waals surface area contributed by atoms with Gasteiger partial charge in [0.1, 0.15) is 0 Å². The second kappa shape index (κ2) is 5.96. The summed E-state index contributed by atoms with van der Waals surface area (Å²) in [6, 6.07) is 0.402. The molecule has 1 atom stereocenters. The van der Waals surface area contributed by atoms with Gasteiger partial charge < -0.3 is 13.3 Å². The lowest BCUT2D eigenvalue weighted by Crippen LogP contribution is -2.61. The SMILES string of the molecule is CO[Si](NC(C)C1CCCC1)(OC)OC. The first kappa shape index (κ1) is 13.1. The van der Waals surface area contributed by atoms with E-state index < -0.39 is 8.97 Å². The van der Waals surface area contributed by atoms with Gasteiger partial charge in [-0.25, -0.2) is 0 Å². The normalized spacial score (nSPS) is 20.8. The molecule has 1 N–H and O–H groups in total. The minimum Gasteiger partial charge on any atom is -0.364 e. The van der Waals surface area contributed by atoms with E-state index in [-0.39, 0.29) is 0 Å². The van der Waals surface area contributed by atoms with E-state index in [0.29, 0.717) is 6.04 Å². The standard InChI is InChI=1S/C10H23NO3Si/c1-9(10-7-5-6-8-10)11-15(12-2,13-3)14-4/h9-11H,5-8H2,1-4H3. The van der Waals surface area contributed by atoms with Gasteiger partial charge >= 0.3 is 8.97 Å². The van der Waals surface area contributed by atoms with Gasteiger partial charge in [-0.1, -0.05) is 12.8 Å². The molecule has 0 saturated heterocycles. The number of hydrogen-bond acceptors (Lipinski definition) is 4. The molecule has 1 rings (SSSR count). The van der Waals surface area contributed by atoms with Crippen LogP contribution in [-0.2, 0) is 13.3 Å². The number of rotatable bonds is 6. The van der Waals surface area contributed by atoms with E-state index in [0.717, 1.165) is 5.92 Å². The molecule has 5 heteroatoms. The van der Waals surface area contributed by atoms with Crippen LogP contribution in [0.5, 0.6) is 0 Å². The molecule has 1 aliphatic carbocycles. The molecule has 0 radical (unpaired) electrons. The summed E-state index contributed by atoms with van der Waals surface area (Å²) in [6.45, 7) is 2.19. The maximum absolute atomic E-state index is 5.35. The topological polar surface area (TPSA) is 39.7 Å². The van der Waals surface area contributed by atoms with Crippen molar-refractivity contribution < 1.29 is 13.3 Å². The van der Waals surface area contributed by atoms with Crippen LogP contribution in [-0.4, -0.2) is 36.3 Å². The Labute approximate surface area is 93.7 Å². The van der Waals surface area contributed by atoms with Crippen molar-refractivity contribution >= 4 is 8.97 Å². The zero-order chi connectivity index (χ0) is 11.3. The lowest BCUT2D eigenvalue weighted by Gasteiger charge is -2.30. The Bertz CT molecular complexity index is 173. The average molecular weight is 233 g/mol. The predicted molar refractivity (Wildman–Crippen MR) is 61.3 cm³/mol. The fourth-order valence-electron chi connectivity index (χ4n) is 2.28. The first-order valence-electron chi connectivity index (χ1n) is 5.60. The van der Waals surface area contributed by atoms with Crippen molar-refractivity contribution in [3.63, 3.8) is 0 Å². The van der Waals surface area contributed by atoms with Crippen molar-refractivity contribution in [1.82, 2.24) is 4.98 Å². The summed E-state index contributed by atoms with van der Waals surface area (Å²) in [4.78, 5) is 3.39. The molecule has 1 saturated carbocycles. The van der Waals surface area contributed by atoms with Gasteiger partial charge in [0.15, 0.2) is 0 Å². The van der Waals surface area contributed by atoms with E-state index in [1.165, 1.54) is 25.7 Å². The molecular formula is C10H23NO3Si. The molecule has 0 spiro atoms. The van der Waals surface area contributed by atoms with Crippen LogP contribution >= 0.6 is 0 Å². The third-order valence-electron chi connectivity index (χ3n) is 3.32. The van der Waals surface area contributed by atoms with Gasteiger partial charge in [-0.05, 0) is 25.7 Å². The lowest BCUT2D eigenvalue weighted by molar-refractivity contribution is 0.102. The molecule has 1 fully saturated rings. The van der Waals surface area contributed by atoms with Crippen LogP contribution in [0, 0.1) is 5.92 Å². The monoisotopic (exact) mass is 233 g/mol. The average Bonchev–Trinajstić information content (AvgIpc) is 2.79. The molecule has 1 unspecified atom stereocenters. The second-order valence-corrected chi connectivity index (χ2v) is 6.77. The van der Waals surface area contributed by atoms with Crippen LogP contribution in [0.25, 0.3) is 0 Å². The molecule has 4 nitrogen and oxygen atoms in total. The maximum atomic E-state index is 5.35. The van der Waals surface area contributed by atoms with Crippen LogP contribution in [0.15, 0.2) is 0 Å². The molecule has 0 bridgehead atoms. The summed E-state index contributed by atoms with van der Waals surface area (Å²) in [5.74, 6) is 0.734. The van der Waals surface area contributed by atoms with Gasteiger partial charge in [0.25, 0.3) is 0 Å². The van der Waals surface area contributed by atoms with Crippen molar-refractivity contribution in [2.45, 2.75) is 38.6 Å². The minimum absolute atomic E-state index is 0.402. The van der Waals surface area contributed by atoms with E-state index in [2.05, 4.69) is 11.9 Å². The quantitative estimate of drug-likeness (QED) is 0.706. The van der Waals surface area contributed by atoms with Crippen LogP contribution in [0.1, 0.15) is 32.6 Å². The maximum Gasteiger partial charge on any atom is 0.596 e. The zero-order valence-corrected chi connectivity index (χ0v) is 11.2. The molecular weight excluding hydrogens is 210 g/mol. The highest BCUT2D eigenvalue weighted by Crippen LogP contribution is 2.28. The Morgan fingerprint density at radius 1 is 1.07 bits per heavy atom. The Morgan fingerprint density at radius 3 is 1.93 bits per heavy atom. The van der Waals surface area contributed by atoms with Crippen LogP contribution in [0.3, 0.4) is 0 Å². The molecule has 90 valence electrons. The fourth-order valence-corrected chi connectivity index (χ4v) is 3.93. The summed E-state index contributed by atoms with van der Waals surface area (Å²) in [5, 5.41) is 0. The first-order valence-corrected chi connectivity index (χ1v) is 7.33. The highest BCUT2D eigenvalue weighted by molar-refractivity contribution is 6.57. The van der Waals surface area contributed by atoms with Crippen molar-refractivity contribution in [3.05, 3.63) is 0 Å². The molecule has 0 aromatic carbocycles. The smallest absolute Gasteiger partial charge is 0.364 e. The van der Waals surface area contributed by atoms with E-state index in [9.17, 15) is 0 Å². The van der Waals surface area contributed by atoms with Gasteiger partial charge in [-0.3, -0.25) is 4.98 Å². The largest absolute Gasteiger partial charge is 0.596 e. The predicted octanol–water partition coefficient (Wildman–Crippen LogP) is 1.53. The highest BCUT2D eigenvalue weighted by atomic mass is 28.4. The molecule has 15 heavy (non-hydrogen) atoms. The summed E-state index contributed by atoms with van der Waals surface area (Å²) < 4.78 is 16.0. The van der Waals surface area contributed by atoms with E-state index in [4.69, 9.17) is 13.3 Å². The Hall–Kier alpha value is 0.0569. The molecule has 0 amide bonds. The van der Waals surface area contributed by atoms with Crippen molar-refractivity contribution in [2.75, 3.05) is 21.3 Å². The fraction of sp³-hybridized carbons (Fsp3) is 1.00. The number of hydrogen-bond donors (Lipinski definition) is 1. The van der Waals surface area contributed by atoms with Gasteiger partial charge in [0.2, 0.25) is 0 Å². The van der Waals surface area contributed by atoms with Gasteiger partial charge in [-0.2, -0.15) is 0 Å². The van der Waals surface area contributed by atoms with E-state index in [1.807, 2.05) is 0 Å². The van der Waals surface area contributed by atoms with Crippen LogP contribution in [0.4, 0.5) is 0 Å². The van der Waals surface area contributed by atoms with E-state index in [1.54, 1.807) is 21.3 Å². The molecule has 0 aliphatic heterocycles. The Kier molecular flexibility index (Phi) is 5.21. The molecule has 0 aromatic heterocycles. The van der Waals surface area contributed by atoms with Gasteiger partial charge in [0.05, 0.1) is 0 Å². The molecule has 0 heterocycles. The van der Waals surface area contributed by atoms with Gasteiger partial charge in [0, 0.05) is 27.4 Å². The van der Waals surface area contributed by atoms with Crippen LogP contribution in [0.2, 0.25) is 0 Å². The van der Waals surface area contributed by atoms with Crippen LogP contribution < -0.4 is 4.98 Å². The molecule has 0 aromatic rings. The lowest BCUT2D eigenvalue weighted by atomic mass is 10.0. The van der Waals surface area contributed by atoms with Crippen molar-refractivity contribution in [2.24, 2.45) is 5.92 Å². The first-order chi connectivity index (χ1) is 7.17. The Morgan fingerprint density at radius 2 is 1.53 bits per heavy atom. The molecule has 1 aliphatic rings. The van der Waals surface area contributed by atoms with Gasteiger partial charge in [-0.15, -0.1) is 0 Å². The highest BCUT2D eigenvalue weighted by Gasteiger charge is 2.42. The third kappa shape index (κ3) is 3.25. The van der Waals surface area contributed by atoms with Crippen molar-refractivity contribution in [1.29, 1.82) is 0 Å². The summed E-state index contributed by atoms with van der Waals surface area (Å²) in [6.07, 6.45) is 5.29. The zero-order valence-electron chi connectivity index (χ0n) is 10.2. The van der Waals surface area contributed by atoms with Crippen molar-refractivity contribution in [3.8, 4) is 0 Å². The summed E-state index contributed by atoms with van der Waals surface area (Å²) >= 11 is 0. The Balaban J connectivity index is 2.49. The second-order valence-electron chi connectivity index (χ2n) is 4.15.